The summed E-state index contributed by atoms with van der Waals surface area (Å²) in [6.45, 7) is 1.36. The summed E-state index contributed by atoms with van der Waals surface area (Å²) in [7, 11) is 2.83. The topological polar surface area (TPSA) is 105 Å². The maximum Gasteiger partial charge on any atom is 0.309 e. The van der Waals surface area contributed by atoms with Crippen LogP contribution in [-0.4, -0.2) is 41.3 Å². The lowest BCUT2D eigenvalue weighted by Crippen LogP contribution is -2.30. The number of carbonyl (C=O) groups excluding carboxylic acids is 1. The van der Waals surface area contributed by atoms with E-state index in [9.17, 15) is 20.1 Å². The number of aromatic hydroxyl groups is 2. The van der Waals surface area contributed by atoms with Crippen molar-refractivity contribution in [3.8, 4) is 34.1 Å². The molecule has 2 unspecified atom stereocenters. The molecular weight excluding hydrogens is 340 g/mol. The summed E-state index contributed by atoms with van der Waals surface area (Å²) < 4.78 is 15.7. The van der Waals surface area contributed by atoms with Crippen molar-refractivity contribution < 1.29 is 34.3 Å². The van der Waals surface area contributed by atoms with Gasteiger partial charge in [-0.1, -0.05) is 12.1 Å². The van der Waals surface area contributed by atoms with Crippen LogP contribution in [0.25, 0.3) is 11.1 Å². The third kappa shape index (κ3) is 2.90. The Morgan fingerprint density at radius 1 is 1.15 bits per heavy atom. The zero-order valence-electron chi connectivity index (χ0n) is 14.6. The van der Waals surface area contributed by atoms with Crippen LogP contribution in [0, 0.1) is 0 Å². The number of carbonyl (C=O) groups is 1. The summed E-state index contributed by atoms with van der Waals surface area (Å²) >= 11 is 0. The first-order valence-electron chi connectivity index (χ1n) is 8.00. The third-order valence-electron chi connectivity index (χ3n) is 4.54. The molecule has 0 amide bonds. The number of methoxy groups -OCH3 is 2. The second-order valence-corrected chi connectivity index (χ2v) is 6.25. The number of phenolic OH excluding ortho intramolecular Hbond substituents is 2. The molecule has 0 bridgehead atoms. The molecule has 2 aromatic rings. The molecule has 1 saturated heterocycles. The Morgan fingerprint density at radius 2 is 1.81 bits per heavy atom. The predicted molar refractivity (Wildman–Crippen MR) is 92.4 cm³/mol. The van der Waals surface area contributed by atoms with Gasteiger partial charge in [0.05, 0.1) is 32.1 Å². The molecule has 1 aliphatic heterocycles. The molecule has 0 radical (unpaired) electrons. The number of cyclic esters (lactones) is 1. The van der Waals surface area contributed by atoms with Gasteiger partial charge in [-0.25, -0.2) is 0 Å². The fourth-order valence-corrected chi connectivity index (χ4v) is 3.28. The Morgan fingerprint density at radius 3 is 2.31 bits per heavy atom. The van der Waals surface area contributed by atoms with Crippen molar-refractivity contribution in [2.45, 2.75) is 25.0 Å². The number of phenols is 2. The Balaban J connectivity index is 2.22. The zero-order valence-corrected chi connectivity index (χ0v) is 14.6. The largest absolute Gasteiger partial charge is 0.508 e. The normalized spacial score (nSPS) is 22.2. The molecule has 1 heterocycles. The number of rotatable bonds is 4. The maximum atomic E-state index is 11.7. The molecule has 0 aromatic heterocycles. The van der Waals surface area contributed by atoms with E-state index in [1.54, 1.807) is 18.2 Å². The fraction of sp³-hybridized carbons (Fsp3) is 0.316. The molecule has 7 nitrogen and oxygen atoms in total. The second-order valence-electron chi connectivity index (χ2n) is 6.25. The smallest absolute Gasteiger partial charge is 0.309 e. The quantitative estimate of drug-likeness (QED) is 0.720. The molecule has 2 atom stereocenters. The van der Waals surface area contributed by atoms with Crippen LogP contribution in [0.3, 0.4) is 0 Å². The van der Waals surface area contributed by atoms with Gasteiger partial charge < -0.3 is 29.5 Å². The minimum absolute atomic E-state index is 0.0986. The highest BCUT2D eigenvalue weighted by molar-refractivity contribution is 5.80. The molecule has 2 aromatic carbocycles. The van der Waals surface area contributed by atoms with Gasteiger partial charge in [-0.2, -0.15) is 0 Å². The van der Waals surface area contributed by atoms with Crippen LogP contribution in [-0.2, 0) is 9.53 Å². The highest BCUT2D eigenvalue weighted by atomic mass is 16.7. The fourth-order valence-electron chi connectivity index (χ4n) is 3.28. The third-order valence-corrected chi connectivity index (χ3v) is 4.54. The van der Waals surface area contributed by atoms with Crippen LogP contribution < -0.4 is 9.47 Å². The monoisotopic (exact) mass is 360 g/mol. The van der Waals surface area contributed by atoms with Crippen LogP contribution >= 0.6 is 0 Å². The molecule has 0 aliphatic carbocycles. The molecule has 1 fully saturated rings. The minimum atomic E-state index is -1.77. The number of esters is 1. The van der Waals surface area contributed by atoms with E-state index in [1.165, 1.54) is 33.3 Å². The summed E-state index contributed by atoms with van der Waals surface area (Å²) in [5, 5.41) is 30.7. The number of hydrogen-bond acceptors (Lipinski definition) is 7. The van der Waals surface area contributed by atoms with Gasteiger partial charge in [0.1, 0.15) is 11.5 Å². The lowest BCUT2D eigenvalue weighted by atomic mass is 9.87. The standard InChI is InChI=1S/C19H20O7/c1-19(23)13(9-15(21)26-19)16-14(24-2)8-12(18(25-3)17(16)22)10-4-6-11(20)7-5-10/h4-8,13,20,22-23H,9H2,1-3H3. The molecule has 26 heavy (non-hydrogen) atoms. The molecule has 7 heteroatoms. The van der Waals surface area contributed by atoms with Gasteiger partial charge >= 0.3 is 5.97 Å². The van der Waals surface area contributed by atoms with E-state index >= 15 is 0 Å². The molecule has 138 valence electrons. The highest BCUT2D eigenvalue weighted by Crippen LogP contribution is 2.52. The molecule has 1 aliphatic rings. The Labute approximate surface area is 150 Å². The molecule has 0 spiro atoms. The molecule has 3 N–H and O–H groups in total. The van der Waals surface area contributed by atoms with Gasteiger partial charge in [0.2, 0.25) is 5.79 Å². The second kappa shape index (κ2) is 6.42. The first kappa shape index (κ1) is 17.9. The number of hydrogen-bond donors (Lipinski definition) is 3. The van der Waals surface area contributed by atoms with E-state index in [-0.39, 0.29) is 35.0 Å². The summed E-state index contributed by atoms with van der Waals surface area (Å²) in [5.41, 5.74) is 1.46. The van der Waals surface area contributed by atoms with Crippen LogP contribution in [0.15, 0.2) is 30.3 Å². The average molecular weight is 360 g/mol. The Hall–Kier alpha value is -2.93. The van der Waals surface area contributed by atoms with Gasteiger partial charge in [0.25, 0.3) is 0 Å². The summed E-state index contributed by atoms with van der Waals surface area (Å²) in [4.78, 5) is 11.7. The lowest BCUT2D eigenvalue weighted by Gasteiger charge is -2.26. The number of benzene rings is 2. The van der Waals surface area contributed by atoms with Gasteiger partial charge in [0, 0.05) is 12.5 Å². The SMILES string of the molecule is COc1cc(-c2ccc(O)cc2)c(OC)c(O)c1C1CC(=O)OC1(C)O. The molecular formula is C19H20O7. The molecule has 3 rings (SSSR count). The number of aliphatic hydroxyl groups is 1. The van der Waals surface area contributed by atoms with E-state index in [4.69, 9.17) is 14.2 Å². The van der Waals surface area contributed by atoms with Crippen molar-refractivity contribution in [3.63, 3.8) is 0 Å². The Bertz CT molecular complexity index is 840. The average Bonchev–Trinajstić information content (AvgIpc) is 2.86. The van der Waals surface area contributed by atoms with Crippen LogP contribution in [0.1, 0.15) is 24.8 Å². The summed E-state index contributed by atoms with van der Waals surface area (Å²) in [5.74, 6) is -2.82. The molecule has 0 saturated carbocycles. The Kier molecular flexibility index (Phi) is 4.41. The van der Waals surface area contributed by atoms with E-state index in [1.807, 2.05) is 0 Å². The van der Waals surface area contributed by atoms with Crippen molar-refractivity contribution in [1.82, 2.24) is 0 Å². The van der Waals surface area contributed by atoms with Crippen LogP contribution in [0.4, 0.5) is 0 Å². The van der Waals surface area contributed by atoms with Gasteiger partial charge in [-0.3, -0.25) is 4.79 Å². The summed E-state index contributed by atoms with van der Waals surface area (Å²) in [6.07, 6.45) is -0.0986. The van der Waals surface area contributed by atoms with Gasteiger partial charge in [0.15, 0.2) is 11.5 Å². The van der Waals surface area contributed by atoms with Crippen molar-refractivity contribution in [2.75, 3.05) is 14.2 Å². The zero-order chi connectivity index (χ0) is 19.1. The summed E-state index contributed by atoms with van der Waals surface area (Å²) in [6, 6.07) is 8.02. The van der Waals surface area contributed by atoms with E-state index in [0.717, 1.165) is 0 Å². The van der Waals surface area contributed by atoms with Crippen LogP contribution in [0.5, 0.6) is 23.0 Å². The van der Waals surface area contributed by atoms with Gasteiger partial charge in [-0.15, -0.1) is 0 Å². The number of ether oxygens (including phenoxy) is 3. The van der Waals surface area contributed by atoms with Crippen molar-refractivity contribution in [2.24, 2.45) is 0 Å². The van der Waals surface area contributed by atoms with Crippen molar-refractivity contribution in [3.05, 3.63) is 35.9 Å². The van der Waals surface area contributed by atoms with Gasteiger partial charge in [-0.05, 0) is 23.8 Å². The predicted octanol–water partition coefficient (Wildman–Crippen LogP) is 2.52. The van der Waals surface area contributed by atoms with E-state index in [2.05, 4.69) is 0 Å². The van der Waals surface area contributed by atoms with Crippen molar-refractivity contribution in [1.29, 1.82) is 0 Å². The minimum Gasteiger partial charge on any atom is -0.508 e. The lowest BCUT2D eigenvalue weighted by molar-refractivity contribution is -0.184. The van der Waals surface area contributed by atoms with Crippen molar-refractivity contribution >= 4 is 5.97 Å². The first-order valence-corrected chi connectivity index (χ1v) is 8.00. The van der Waals surface area contributed by atoms with E-state index in [0.29, 0.717) is 11.1 Å². The first-order chi connectivity index (χ1) is 12.3. The van der Waals surface area contributed by atoms with E-state index < -0.39 is 17.7 Å². The maximum absolute atomic E-state index is 11.7. The highest BCUT2D eigenvalue weighted by Gasteiger charge is 2.48. The van der Waals surface area contributed by atoms with Crippen LogP contribution in [0.2, 0.25) is 0 Å².